The van der Waals surface area contributed by atoms with Crippen molar-refractivity contribution < 1.29 is 4.39 Å². The Morgan fingerprint density at radius 3 is 2.95 bits per heavy atom. The molecule has 0 amide bonds. The number of nitrogens with two attached hydrogens (primary N) is 1. The lowest BCUT2D eigenvalue weighted by molar-refractivity contribution is 0.528. The molecule has 0 radical (unpaired) electrons. The van der Waals surface area contributed by atoms with Gasteiger partial charge in [0.1, 0.15) is 5.82 Å². The first-order valence-corrected chi connectivity index (χ1v) is 7.29. The van der Waals surface area contributed by atoms with Crippen molar-refractivity contribution in [2.24, 2.45) is 5.73 Å². The Kier molecular flexibility index (Phi) is 3.64. The Balaban J connectivity index is 2.08. The molecule has 1 heterocycles. The maximum absolute atomic E-state index is 13.4. The zero-order valence-corrected chi connectivity index (χ0v) is 12.1. The Hall–Kier alpha value is -1.94. The van der Waals surface area contributed by atoms with Crippen molar-refractivity contribution in [3.05, 3.63) is 68.9 Å². The number of halogens is 1. The van der Waals surface area contributed by atoms with Gasteiger partial charge in [0.05, 0.1) is 6.54 Å². The van der Waals surface area contributed by atoms with Gasteiger partial charge in [0.2, 0.25) is 0 Å². The second-order valence-electron chi connectivity index (χ2n) is 5.73. The molecule has 1 aliphatic rings. The van der Waals surface area contributed by atoms with Crippen molar-refractivity contribution in [2.75, 3.05) is 0 Å². The third kappa shape index (κ3) is 2.63. The molecule has 1 unspecified atom stereocenters. The molecule has 1 atom stereocenters. The standard InChI is InChI=1S/C17H19FN2O/c1-11-5-6-13(18)9-12(11)10-20-16-4-2-3-15(19)14(16)7-8-17(20)21/h5-9,15H,2-4,10,19H2,1H3. The van der Waals surface area contributed by atoms with Crippen molar-refractivity contribution >= 4 is 0 Å². The number of pyridine rings is 1. The topological polar surface area (TPSA) is 48.0 Å². The molecule has 0 saturated heterocycles. The molecular formula is C17H19FN2O. The van der Waals surface area contributed by atoms with Gasteiger partial charge in [0.15, 0.2) is 0 Å². The van der Waals surface area contributed by atoms with Crippen molar-refractivity contribution in [1.29, 1.82) is 0 Å². The number of nitrogens with zero attached hydrogens (tertiary/aromatic N) is 1. The Morgan fingerprint density at radius 1 is 1.33 bits per heavy atom. The summed E-state index contributed by atoms with van der Waals surface area (Å²) >= 11 is 0. The van der Waals surface area contributed by atoms with Crippen molar-refractivity contribution in [1.82, 2.24) is 4.57 Å². The van der Waals surface area contributed by atoms with E-state index in [1.165, 1.54) is 12.1 Å². The lowest BCUT2D eigenvalue weighted by atomic mass is 9.91. The maximum Gasteiger partial charge on any atom is 0.251 e. The summed E-state index contributed by atoms with van der Waals surface area (Å²) in [5.74, 6) is -0.273. The molecule has 0 spiro atoms. The van der Waals surface area contributed by atoms with Crippen molar-refractivity contribution in [3.8, 4) is 0 Å². The predicted molar refractivity (Wildman–Crippen MR) is 80.8 cm³/mol. The molecule has 3 nitrogen and oxygen atoms in total. The fourth-order valence-electron chi connectivity index (χ4n) is 3.05. The summed E-state index contributed by atoms with van der Waals surface area (Å²) in [6.07, 6.45) is 2.79. The molecule has 4 heteroatoms. The highest BCUT2D eigenvalue weighted by Crippen LogP contribution is 2.27. The summed E-state index contributed by atoms with van der Waals surface area (Å²) in [6, 6.07) is 8.10. The van der Waals surface area contributed by atoms with Crippen LogP contribution in [0.15, 0.2) is 35.1 Å². The second kappa shape index (κ2) is 5.45. The van der Waals surface area contributed by atoms with Gasteiger partial charge in [-0.3, -0.25) is 4.79 Å². The Bertz CT molecular complexity index is 736. The molecule has 0 bridgehead atoms. The van der Waals surface area contributed by atoms with E-state index in [4.69, 9.17) is 5.73 Å². The number of benzene rings is 1. The monoisotopic (exact) mass is 286 g/mol. The summed E-state index contributed by atoms with van der Waals surface area (Å²) < 4.78 is 15.2. The van der Waals surface area contributed by atoms with Gasteiger partial charge < -0.3 is 10.3 Å². The van der Waals surface area contributed by atoms with Crippen LogP contribution in [-0.4, -0.2) is 4.57 Å². The van der Waals surface area contributed by atoms with E-state index in [2.05, 4.69) is 0 Å². The van der Waals surface area contributed by atoms with Gasteiger partial charge in [0.25, 0.3) is 5.56 Å². The number of aromatic nitrogens is 1. The molecule has 110 valence electrons. The van der Waals surface area contributed by atoms with Crippen LogP contribution in [0, 0.1) is 12.7 Å². The molecule has 1 aliphatic carbocycles. The third-order valence-electron chi connectivity index (χ3n) is 4.30. The number of hydrogen-bond acceptors (Lipinski definition) is 2. The van der Waals surface area contributed by atoms with Crippen LogP contribution < -0.4 is 11.3 Å². The summed E-state index contributed by atoms with van der Waals surface area (Å²) in [7, 11) is 0. The van der Waals surface area contributed by atoms with Crippen LogP contribution in [-0.2, 0) is 13.0 Å². The number of rotatable bonds is 2. The highest BCUT2D eigenvalue weighted by atomic mass is 19.1. The number of fused-ring (bicyclic) bond motifs is 1. The molecule has 0 aliphatic heterocycles. The molecule has 1 aromatic heterocycles. The maximum atomic E-state index is 13.4. The highest BCUT2D eigenvalue weighted by molar-refractivity contribution is 5.31. The van der Waals surface area contributed by atoms with Gasteiger partial charge in [0, 0.05) is 17.8 Å². The van der Waals surface area contributed by atoms with E-state index in [-0.39, 0.29) is 17.4 Å². The predicted octanol–water partition coefficient (Wildman–Crippen LogP) is 2.68. The Labute approximate surface area is 123 Å². The van der Waals surface area contributed by atoms with Gasteiger partial charge in [-0.2, -0.15) is 0 Å². The second-order valence-corrected chi connectivity index (χ2v) is 5.73. The number of hydrogen-bond donors (Lipinski definition) is 1. The SMILES string of the molecule is Cc1ccc(F)cc1Cn1c2c(ccc1=O)C(N)CCC2. The largest absolute Gasteiger partial charge is 0.324 e. The van der Waals surface area contributed by atoms with E-state index >= 15 is 0 Å². The van der Waals surface area contributed by atoms with Gasteiger partial charge in [-0.05, 0) is 55.0 Å². The van der Waals surface area contributed by atoms with Gasteiger partial charge in [-0.1, -0.05) is 12.1 Å². The fraction of sp³-hybridized carbons (Fsp3) is 0.353. The van der Waals surface area contributed by atoms with E-state index in [0.29, 0.717) is 6.54 Å². The fourth-order valence-corrected chi connectivity index (χ4v) is 3.05. The molecule has 2 aromatic rings. The molecule has 2 N–H and O–H groups in total. The van der Waals surface area contributed by atoms with Gasteiger partial charge in [-0.15, -0.1) is 0 Å². The van der Waals surface area contributed by atoms with Crippen molar-refractivity contribution in [2.45, 2.75) is 38.8 Å². The quantitative estimate of drug-likeness (QED) is 0.922. The molecule has 1 aromatic carbocycles. The van der Waals surface area contributed by atoms with Crippen LogP contribution in [0.5, 0.6) is 0 Å². The first kappa shape index (κ1) is 14.0. The van der Waals surface area contributed by atoms with Crippen LogP contribution in [0.2, 0.25) is 0 Å². The minimum Gasteiger partial charge on any atom is -0.324 e. The summed E-state index contributed by atoms with van der Waals surface area (Å²) in [5, 5.41) is 0. The van der Waals surface area contributed by atoms with Crippen LogP contribution in [0.4, 0.5) is 4.39 Å². The first-order chi connectivity index (χ1) is 10.1. The Morgan fingerprint density at radius 2 is 2.14 bits per heavy atom. The zero-order chi connectivity index (χ0) is 15.0. The first-order valence-electron chi connectivity index (χ1n) is 7.29. The zero-order valence-electron chi connectivity index (χ0n) is 12.1. The van der Waals surface area contributed by atoms with E-state index in [1.54, 1.807) is 16.7 Å². The highest BCUT2D eigenvalue weighted by Gasteiger charge is 2.20. The van der Waals surface area contributed by atoms with E-state index in [0.717, 1.165) is 41.6 Å². The lowest BCUT2D eigenvalue weighted by Gasteiger charge is -2.25. The van der Waals surface area contributed by atoms with Crippen LogP contribution >= 0.6 is 0 Å². The van der Waals surface area contributed by atoms with Crippen LogP contribution in [0.1, 0.15) is 41.3 Å². The molecular weight excluding hydrogens is 267 g/mol. The van der Waals surface area contributed by atoms with Gasteiger partial charge in [-0.25, -0.2) is 4.39 Å². The average molecular weight is 286 g/mol. The molecule has 21 heavy (non-hydrogen) atoms. The van der Waals surface area contributed by atoms with E-state index in [9.17, 15) is 9.18 Å². The summed E-state index contributed by atoms with van der Waals surface area (Å²) in [6.45, 7) is 2.33. The minimum absolute atomic E-state index is 0.00536. The summed E-state index contributed by atoms with van der Waals surface area (Å²) in [4.78, 5) is 12.2. The average Bonchev–Trinajstić information content (AvgIpc) is 2.46. The normalized spacial score (nSPS) is 17.6. The lowest BCUT2D eigenvalue weighted by Crippen LogP contribution is -2.29. The number of aryl methyl sites for hydroxylation is 1. The smallest absolute Gasteiger partial charge is 0.251 e. The van der Waals surface area contributed by atoms with E-state index < -0.39 is 0 Å². The molecule has 3 rings (SSSR count). The minimum atomic E-state index is -0.273. The van der Waals surface area contributed by atoms with E-state index in [1.807, 2.05) is 13.0 Å². The van der Waals surface area contributed by atoms with Crippen LogP contribution in [0.3, 0.4) is 0 Å². The third-order valence-corrected chi connectivity index (χ3v) is 4.30. The molecule has 0 saturated carbocycles. The van der Waals surface area contributed by atoms with Crippen LogP contribution in [0.25, 0.3) is 0 Å². The summed E-state index contributed by atoms with van der Waals surface area (Å²) in [5.41, 5.74) is 9.97. The molecule has 0 fully saturated rings. The van der Waals surface area contributed by atoms with Crippen molar-refractivity contribution in [3.63, 3.8) is 0 Å². The van der Waals surface area contributed by atoms with Gasteiger partial charge >= 0.3 is 0 Å².